The van der Waals surface area contributed by atoms with Crippen LogP contribution in [0.5, 0.6) is 0 Å². The van der Waals surface area contributed by atoms with E-state index < -0.39 is 0 Å². The fraction of sp³-hybridized carbons (Fsp3) is 0.800. The highest BCUT2D eigenvalue weighted by molar-refractivity contribution is 5.12. The summed E-state index contributed by atoms with van der Waals surface area (Å²) in [5.41, 5.74) is 0. The maximum atomic E-state index is 3.88. The lowest BCUT2D eigenvalue weighted by Crippen LogP contribution is -1.74. The van der Waals surface area contributed by atoms with Crippen LogP contribution in [-0.4, -0.2) is 0 Å². The van der Waals surface area contributed by atoms with Gasteiger partial charge in [0.15, 0.2) is 0 Å². The van der Waals surface area contributed by atoms with Crippen LogP contribution >= 0.6 is 0 Å². The predicted octanol–water partition coefficient (Wildman–Crippen LogP) is 1.09. The van der Waals surface area contributed by atoms with E-state index in [1.165, 1.54) is 6.42 Å². The molecule has 2 aliphatic rings. The van der Waals surface area contributed by atoms with Crippen molar-refractivity contribution in [2.75, 3.05) is 0 Å². The molecule has 0 heterocycles. The molecular formula is C5H7+. The third-order valence-electron chi connectivity index (χ3n) is 1.85. The molecule has 5 heavy (non-hydrogen) atoms. The molecule has 1 unspecified atom stereocenters. The second-order valence-corrected chi connectivity index (χ2v) is 2.23. The Morgan fingerprint density at radius 2 is 1.80 bits per heavy atom. The van der Waals surface area contributed by atoms with E-state index in [0.29, 0.717) is 0 Å². The van der Waals surface area contributed by atoms with Crippen molar-refractivity contribution in [2.45, 2.75) is 6.42 Å². The van der Waals surface area contributed by atoms with Crippen LogP contribution in [0, 0.1) is 24.7 Å². The molecule has 0 bridgehead atoms. The Morgan fingerprint density at radius 3 is 1.80 bits per heavy atom. The van der Waals surface area contributed by atoms with Gasteiger partial charge in [-0.05, 0) is 6.42 Å². The van der Waals surface area contributed by atoms with Crippen molar-refractivity contribution in [3.63, 3.8) is 0 Å². The summed E-state index contributed by atoms with van der Waals surface area (Å²) in [7, 11) is 0. The maximum Gasteiger partial charge on any atom is 0.102 e. The van der Waals surface area contributed by atoms with Crippen molar-refractivity contribution in [1.29, 1.82) is 0 Å². The van der Waals surface area contributed by atoms with E-state index in [4.69, 9.17) is 0 Å². The zero-order chi connectivity index (χ0) is 3.44. The number of hydrogen-bond acceptors (Lipinski definition) is 0. The van der Waals surface area contributed by atoms with Gasteiger partial charge in [0, 0.05) is 11.8 Å². The van der Waals surface area contributed by atoms with Crippen molar-refractivity contribution in [3.05, 3.63) is 6.92 Å². The van der Waals surface area contributed by atoms with E-state index >= 15 is 0 Å². The van der Waals surface area contributed by atoms with Gasteiger partial charge in [-0.2, -0.15) is 0 Å². The zero-order valence-electron chi connectivity index (χ0n) is 3.15. The molecule has 0 aromatic carbocycles. The van der Waals surface area contributed by atoms with Crippen molar-refractivity contribution < 1.29 is 0 Å². The highest BCUT2D eigenvalue weighted by Gasteiger charge is 2.67. The van der Waals surface area contributed by atoms with Crippen LogP contribution in [0.4, 0.5) is 0 Å². The molecule has 2 rings (SSSR count). The van der Waals surface area contributed by atoms with Crippen LogP contribution in [0.1, 0.15) is 6.42 Å². The van der Waals surface area contributed by atoms with Gasteiger partial charge < -0.3 is 0 Å². The first-order valence-corrected chi connectivity index (χ1v) is 2.22. The number of rotatable bonds is 0. The summed E-state index contributed by atoms with van der Waals surface area (Å²) in [5.74, 6) is 3.11. The topological polar surface area (TPSA) is 0 Å². The molecular weight excluding hydrogens is 60.1 g/mol. The monoisotopic (exact) mass is 67.1 g/mol. The fourth-order valence-electron chi connectivity index (χ4n) is 0.914. The van der Waals surface area contributed by atoms with Crippen LogP contribution in [0.3, 0.4) is 0 Å². The molecule has 0 N–H and O–H groups in total. The lowest BCUT2D eigenvalue weighted by molar-refractivity contribution is 0.745. The average Bonchev–Trinajstić information content (AvgIpc) is 2.11. The van der Waals surface area contributed by atoms with Gasteiger partial charge in [-0.15, -0.1) is 0 Å². The minimum absolute atomic E-state index is 0.898. The van der Waals surface area contributed by atoms with Crippen LogP contribution in [0.2, 0.25) is 0 Å². The molecule has 2 fully saturated rings. The summed E-state index contributed by atoms with van der Waals surface area (Å²) in [6.45, 7) is 3.88. The van der Waals surface area contributed by atoms with E-state index in [0.717, 1.165) is 17.8 Å². The smallest absolute Gasteiger partial charge is 0.0380 e. The Labute approximate surface area is 32.2 Å². The second kappa shape index (κ2) is 0.327. The number of hydrogen-bond donors (Lipinski definition) is 0. The average molecular weight is 67.1 g/mol. The molecule has 0 nitrogen and oxygen atoms in total. The molecule has 3 atom stereocenters. The molecule has 0 aliphatic heterocycles. The largest absolute Gasteiger partial charge is 0.102 e. The Bertz CT molecular complexity index is 51.7. The SMILES string of the molecule is [CH2+]C1[C@H]2C[C@@H]12. The maximum absolute atomic E-state index is 3.88. The van der Waals surface area contributed by atoms with Crippen molar-refractivity contribution in [3.8, 4) is 0 Å². The quantitative estimate of drug-likeness (QED) is 0.372. The molecule has 0 saturated heterocycles. The van der Waals surface area contributed by atoms with Crippen molar-refractivity contribution in [2.24, 2.45) is 17.8 Å². The normalized spacial score (nSPS) is 70.0. The van der Waals surface area contributed by atoms with Gasteiger partial charge in [0.2, 0.25) is 0 Å². The van der Waals surface area contributed by atoms with Crippen molar-refractivity contribution >= 4 is 0 Å². The lowest BCUT2D eigenvalue weighted by atomic mass is 10.2. The summed E-state index contributed by atoms with van der Waals surface area (Å²) < 4.78 is 0. The Hall–Kier alpha value is -0.130. The second-order valence-electron chi connectivity index (χ2n) is 2.23. The Morgan fingerprint density at radius 1 is 1.40 bits per heavy atom. The first kappa shape index (κ1) is 2.12. The Kier molecular flexibility index (Phi) is 0.139. The molecule has 0 heteroatoms. The van der Waals surface area contributed by atoms with Gasteiger partial charge >= 0.3 is 0 Å². The zero-order valence-corrected chi connectivity index (χ0v) is 3.15. The molecule has 0 spiro atoms. The van der Waals surface area contributed by atoms with E-state index in [1.54, 1.807) is 0 Å². The molecule has 0 aromatic rings. The summed E-state index contributed by atoms with van der Waals surface area (Å²) in [5, 5.41) is 0. The van der Waals surface area contributed by atoms with Gasteiger partial charge in [-0.3, -0.25) is 0 Å². The van der Waals surface area contributed by atoms with Crippen molar-refractivity contribution in [1.82, 2.24) is 0 Å². The molecule has 0 radical (unpaired) electrons. The Balaban J connectivity index is 2.19. The van der Waals surface area contributed by atoms with Gasteiger partial charge in [0.1, 0.15) is 5.92 Å². The van der Waals surface area contributed by atoms with Gasteiger partial charge in [-0.1, -0.05) is 0 Å². The molecule has 2 aliphatic carbocycles. The predicted molar refractivity (Wildman–Crippen MR) is 20.4 cm³/mol. The van der Waals surface area contributed by atoms with Crippen LogP contribution < -0.4 is 0 Å². The molecule has 0 amide bonds. The number of fused-ring (bicyclic) bond motifs is 1. The third kappa shape index (κ3) is 0.0960. The summed E-state index contributed by atoms with van der Waals surface area (Å²) >= 11 is 0. The summed E-state index contributed by atoms with van der Waals surface area (Å²) in [6.07, 6.45) is 1.51. The van der Waals surface area contributed by atoms with Gasteiger partial charge in [0.05, 0.1) is 6.92 Å². The highest BCUT2D eigenvalue weighted by atomic mass is 14.7. The fourth-order valence-corrected chi connectivity index (χ4v) is 0.914. The first-order valence-electron chi connectivity index (χ1n) is 2.22. The lowest BCUT2D eigenvalue weighted by Gasteiger charge is -1.73. The molecule has 2 saturated carbocycles. The summed E-state index contributed by atoms with van der Waals surface area (Å²) in [4.78, 5) is 0. The van der Waals surface area contributed by atoms with Crippen LogP contribution in [0.25, 0.3) is 0 Å². The standard InChI is InChI=1S/C5H7/c1-3-4-2-5(3)4/h3-5H,1-2H2/q+1/t3?,4-,5+. The van der Waals surface area contributed by atoms with E-state index in [-0.39, 0.29) is 0 Å². The highest BCUT2D eigenvalue weighted by Crippen LogP contribution is 2.67. The van der Waals surface area contributed by atoms with Crippen LogP contribution in [0.15, 0.2) is 0 Å². The minimum Gasteiger partial charge on any atom is -0.0380 e. The third-order valence-corrected chi connectivity index (χ3v) is 1.85. The van der Waals surface area contributed by atoms with E-state index in [2.05, 4.69) is 6.92 Å². The van der Waals surface area contributed by atoms with Gasteiger partial charge in [-0.25, -0.2) is 0 Å². The van der Waals surface area contributed by atoms with E-state index in [1.807, 2.05) is 0 Å². The minimum atomic E-state index is 0.898. The van der Waals surface area contributed by atoms with Gasteiger partial charge in [0.25, 0.3) is 0 Å². The molecule has 0 aromatic heterocycles. The molecule has 26 valence electrons. The van der Waals surface area contributed by atoms with E-state index in [9.17, 15) is 0 Å². The summed E-state index contributed by atoms with van der Waals surface area (Å²) in [6, 6.07) is 0. The van der Waals surface area contributed by atoms with Crippen LogP contribution in [-0.2, 0) is 0 Å². The first-order chi connectivity index (χ1) is 2.39.